The number of pyridine rings is 1. The largest absolute Gasteiger partial charge is 0.483 e. The number of nitrogens with one attached hydrogen (secondary N) is 2. The molecule has 200 valence electrons. The smallest absolute Gasteiger partial charge is 0.341 e. The van der Waals surface area contributed by atoms with Gasteiger partial charge in [0.2, 0.25) is 0 Å². The minimum absolute atomic E-state index is 0.0716. The molecule has 0 saturated carbocycles. The van der Waals surface area contributed by atoms with Gasteiger partial charge >= 0.3 is 12.0 Å². The Morgan fingerprint density at radius 1 is 1.16 bits per heavy atom. The molecule has 1 saturated heterocycles. The van der Waals surface area contributed by atoms with Gasteiger partial charge in [-0.05, 0) is 31.5 Å². The number of halogens is 3. The molecule has 0 radical (unpaired) electrons. The molecule has 0 aliphatic carbocycles. The molecule has 1 aromatic carbocycles. The number of urea groups is 1. The Labute approximate surface area is 215 Å². The van der Waals surface area contributed by atoms with E-state index in [4.69, 9.17) is 15.3 Å². The van der Waals surface area contributed by atoms with Gasteiger partial charge in [-0.3, -0.25) is 4.79 Å². The van der Waals surface area contributed by atoms with E-state index in [0.717, 1.165) is 29.4 Å². The Morgan fingerprint density at radius 2 is 1.84 bits per heavy atom. The first-order chi connectivity index (χ1) is 18.0. The second-order valence-electron chi connectivity index (χ2n) is 8.95. The molecule has 3 N–H and O–H groups in total. The Morgan fingerprint density at radius 3 is 2.47 bits per heavy atom. The minimum Gasteiger partial charge on any atom is -0.483 e. The summed E-state index contributed by atoms with van der Waals surface area (Å²) < 4.78 is 47.4. The monoisotopic (exact) mass is 530 g/mol. The number of aromatic nitrogens is 1. The number of nitrogens with zero attached hydrogens (tertiary/aromatic N) is 4. The number of allylic oxidation sites excluding steroid dienone is 1. The lowest BCUT2D eigenvalue weighted by Gasteiger charge is -2.41. The number of carboxylic acid groups (broad SMARTS) is 1. The van der Waals surface area contributed by atoms with Crippen LogP contribution in [-0.2, 0) is 4.79 Å². The number of likely N-dealkylation sites (tertiary alicyclic amines) is 1. The number of hydrazone groups is 1. The Hall–Kier alpha value is -4.42. The fraction of sp³-hybridized carbons (Fsp3) is 0.320. The highest BCUT2D eigenvalue weighted by atomic mass is 19.1. The topological polar surface area (TPSA) is 131 Å². The lowest BCUT2D eigenvalue weighted by atomic mass is 10.0. The molecule has 2 aliphatic heterocycles. The molecular weight excluding hydrogens is 505 g/mol. The molecule has 1 atom stereocenters. The first-order valence-corrected chi connectivity index (χ1v) is 11.6. The zero-order valence-corrected chi connectivity index (χ0v) is 20.5. The molecule has 1 fully saturated rings. The van der Waals surface area contributed by atoms with Crippen LogP contribution in [0.3, 0.4) is 0 Å². The number of aliphatic carboxylic acids is 1. The Balaban J connectivity index is 1.39. The van der Waals surface area contributed by atoms with E-state index in [1.165, 1.54) is 24.1 Å². The third-order valence-electron chi connectivity index (χ3n) is 6.08. The molecule has 2 amide bonds. The number of hydrogen-bond donors (Lipinski definition) is 3. The molecule has 0 spiro atoms. The maximum atomic E-state index is 14.4. The summed E-state index contributed by atoms with van der Waals surface area (Å²) in [5.41, 5.74) is 1.00. The Bertz CT molecular complexity index is 1320. The summed E-state index contributed by atoms with van der Waals surface area (Å²) in [6.07, 6.45) is 1.87. The van der Waals surface area contributed by atoms with E-state index in [1.807, 2.05) is 0 Å². The third kappa shape index (κ3) is 5.93. The summed E-state index contributed by atoms with van der Waals surface area (Å²) in [7, 11) is 0. The molecule has 2 aliphatic rings. The lowest BCUT2D eigenvalue weighted by molar-refractivity contribution is -0.136. The van der Waals surface area contributed by atoms with Gasteiger partial charge in [-0.25, -0.2) is 28.0 Å². The summed E-state index contributed by atoms with van der Waals surface area (Å²) >= 11 is 0. The number of benzene rings is 1. The standard InChI is InChI=1S/C25H25F3N6O4/c1-13(29)19(8-24(35)36)14(2)32-23-9-22(20(28)10-30-23)38-18-11-33(12-18)25(37)34-21(3-4-31-34)15-5-16(26)7-17(27)6-15/h4-7,9-10,18,21,29H,3,8,11-12H2,1-2H3,(H,30,32)(H,35,36)/b19-14-,29-13?. The van der Waals surface area contributed by atoms with E-state index in [-0.39, 0.29) is 47.9 Å². The molecule has 1 unspecified atom stereocenters. The predicted molar refractivity (Wildman–Crippen MR) is 132 cm³/mol. The highest BCUT2D eigenvalue weighted by Gasteiger charge is 2.39. The van der Waals surface area contributed by atoms with Crippen LogP contribution in [0, 0.1) is 22.9 Å². The van der Waals surface area contributed by atoms with Gasteiger partial charge in [0.1, 0.15) is 23.6 Å². The maximum Gasteiger partial charge on any atom is 0.341 e. The lowest BCUT2D eigenvalue weighted by Crippen LogP contribution is -2.58. The molecule has 38 heavy (non-hydrogen) atoms. The van der Waals surface area contributed by atoms with Crippen LogP contribution in [0.5, 0.6) is 5.75 Å². The molecule has 1 aromatic heterocycles. The molecule has 10 nitrogen and oxygen atoms in total. The van der Waals surface area contributed by atoms with Crippen molar-refractivity contribution in [3.8, 4) is 5.75 Å². The van der Waals surface area contributed by atoms with Crippen LogP contribution in [0.4, 0.5) is 23.8 Å². The van der Waals surface area contributed by atoms with Crippen molar-refractivity contribution in [2.45, 2.75) is 38.8 Å². The van der Waals surface area contributed by atoms with Crippen LogP contribution in [0.2, 0.25) is 0 Å². The van der Waals surface area contributed by atoms with Gasteiger partial charge in [0.05, 0.1) is 31.7 Å². The van der Waals surface area contributed by atoms with Crippen LogP contribution in [0.15, 0.2) is 46.8 Å². The summed E-state index contributed by atoms with van der Waals surface area (Å²) in [5, 5.41) is 25.0. The number of amides is 2. The second kappa shape index (κ2) is 10.9. The van der Waals surface area contributed by atoms with Crippen molar-refractivity contribution in [2.75, 3.05) is 18.4 Å². The first kappa shape index (κ1) is 26.6. The molecule has 0 bridgehead atoms. The number of hydrogen-bond acceptors (Lipinski definition) is 7. The minimum atomic E-state index is -1.10. The van der Waals surface area contributed by atoms with Crippen LogP contribution in [0.25, 0.3) is 0 Å². The normalized spacial score (nSPS) is 17.7. The van der Waals surface area contributed by atoms with Crippen molar-refractivity contribution in [3.05, 3.63) is 64.7 Å². The van der Waals surface area contributed by atoms with Crippen molar-refractivity contribution >= 4 is 29.7 Å². The predicted octanol–water partition coefficient (Wildman–Crippen LogP) is 4.31. The van der Waals surface area contributed by atoms with Crippen LogP contribution >= 0.6 is 0 Å². The highest BCUT2D eigenvalue weighted by Crippen LogP contribution is 2.32. The van der Waals surface area contributed by atoms with Crippen LogP contribution in [-0.4, -0.2) is 63.1 Å². The Kier molecular flexibility index (Phi) is 7.65. The van der Waals surface area contributed by atoms with E-state index in [9.17, 15) is 22.8 Å². The number of ether oxygens (including phenoxy) is 1. The van der Waals surface area contributed by atoms with Crippen molar-refractivity contribution < 1.29 is 32.6 Å². The van der Waals surface area contributed by atoms with E-state index < -0.39 is 41.6 Å². The van der Waals surface area contributed by atoms with Crippen molar-refractivity contribution in [1.82, 2.24) is 14.9 Å². The van der Waals surface area contributed by atoms with Crippen molar-refractivity contribution in [1.29, 1.82) is 5.41 Å². The van der Waals surface area contributed by atoms with Crippen LogP contribution in [0.1, 0.15) is 38.3 Å². The van der Waals surface area contributed by atoms with Crippen molar-refractivity contribution in [3.63, 3.8) is 0 Å². The van der Waals surface area contributed by atoms with Gasteiger partial charge < -0.3 is 25.5 Å². The molecule has 3 heterocycles. The number of rotatable bonds is 8. The number of carbonyl (C=O) groups excluding carboxylic acids is 1. The summed E-state index contributed by atoms with van der Waals surface area (Å²) in [4.78, 5) is 29.4. The number of carbonyl (C=O) groups is 2. The summed E-state index contributed by atoms with van der Waals surface area (Å²) in [6.45, 7) is 3.32. The van der Waals surface area contributed by atoms with Gasteiger partial charge in [-0.2, -0.15) is 5.10 Å². The number of anilines is 1. The van der Waals surface area contributed by atoms with Gasteiger partial charge in [-0.15, -0.1) is 0 Å². The van der Waals surface area contributed by atoms with E-state index in [1.54, 1.807) is 6.92 Å². The second-order valence-corrected chi connectivity index (χ2v) is 8.95. The molecule has 4 rings (SSSR count). The quantitative estimate of drug-likeness (QED) is 0.436. The summed E-state index contributed by atoms with van der Waals surface area (Å²) in [5.74, 6) is -3.25. The number of carboxylic acids is 1. The first-order valence-electron chi connectivity index (χ1n) is 11.6. The van der Waals surface area contributed by atoms with E-state index in [0.29, 0.717) is 12.1 Å². The maximum absolute atomic E-state index is 14.4. The van der Waals surface area contributed by atoms with Crippen LogP contribution < -0.4 is 10.1 Å². The van der Waals surface area contributed by atoms with Gasteiger partial charge in [-0.1, -0.05) is 0 Å². The summed E-state index contributed by atoms with van der Waals surface area (Å²) in [6, 6.07) is 3.26. The fourth-order valence-corrected chi connectivity index (χ4v) is 4.18. The highest BCUT2D eigenvalue weighted by molar-refractivity contribution is 6.00. The third-order valence-corrected chi connectivity index (χ3v) is 6.08. The van der Waals surface area contributed by atoms with Gasteiger partial charge in [0.25, 0.3) is 0 Å². The SMILES string of the molecule is CC(=N)/C(CC(=O)O)=C(/C)Nc1cc(OC2CN(C(=O)N3N=CCC3c3cc(F)cc(F)c3)C2)c(F)cn1. The molecular formula is C25H25F3N6O4. The van der Waals surface area contributed by atoms with E-state index >= 15 is 0 Å². The van der Waals surface area contributed by atoms with Gasteiger partial charge in [0.15, 0.2) is 11.6 Å². The van der Waals surface area contributed by atoms with Gasteiger partial charge in [0, 0.05) is 41.7 Å². The zero-order valence-electron chi connectivity index (χ0n) is 20.5. The molecule has 13 heteroatoms. The zero-order chi connectivity index (χ0) is 27.6. The van der Waals surface area contributed by atoms with Crippen molar-refractivity contribution in [2.24, 2.45) is 5.10 Å². The molecule has 2 aromatic rings. The average Bonchev–Trinajstić information content (AvgIpc) is 3.30. The van der Waals surface area contributed by atoms with E-state index in [2.05, 4.69) is 15.4 Å². The average molecular weight is 531 g/mol. The fourth-order valence-electron chi connectivity index (χ4n) is 4.18.